The molecule has 2 heterocycles. The highest BCUT2D eigenvalue weighted by Gasteiger charge is 2.28. The number of carboxylic acid groups (broad SMARTS) is 2. The average molecular weight is 457 g/mol. The number of amides is 1. The Hall–Kier alpha value is -4.13. The van der Waals surface area contributed by atoms with Gasteiger partial charge in [-0.15, -0.1) is 0 Å². The van der Waals surface area contributed by atoms with E-state index < -0.39 is 41.8 Å². The molecule has 0 saturated carbocycles. The summed E-state index contributed by atoms with van der Waals surface area (Å²) >= 11 is 0. The van der Waals surface area contributed by atoms with Crippen molar-refractivity contribution in [3.05, 3.63) is 46.5 Å². The lowest BCUT2D eigenvalue weighted by atomic mass is 9.91. The Labute approximate surface area is 186 Å². The summed E-state index contributed by atoms with van der Waals surface area (Å²) in [6, 6.07) is -1.55. The third-order valence-electron chi connectivity index (χ3n) is 5.05. The van der Waals surface area contributed by atoms with Gasteiger partial charge in [-0.2, -0.15) is 4.98 Å². The molecule has 3 atom stereocenters. The average Bonchev–Trinajstić information content (AvgIpc) is 2.75. The van der Waals surface area contributed by atoms with Crippen LogP contribution >= 0.6 is 0 Å². The Kier molecular flexibility index (Phi) is 7.13. The number of carbonyl (C=O) groups excluding carboxylic acids is 1. The molecule has 0 aromatic carbocycles. The normalized spacial score (nSPS) is 18.5. The van der Waals surface area contributed by atoms with Crippen molar-refractivity contribution in [1.82, 2.24) is 30.6 Å². The molecule has 0 spiro atoms. The molecule has 13 nitrogen and oxygen atoms in total. The van der Waals surface area contributed by atoms with Crippen LogP contribution in [0.1, 0.15) is 25.0 Å². The summed E-state index contributed by atoms with van der Waals surface area (Å²) in [5.41, 5.74) is 5.64. The molecule has 174 valence electrons. The Morgan fingerprint density at radius 3 is 2.64 bits per heavy atom. The van der Waals surface area contributed by atoms with Crippen LogP contribution in [0.15, 0.2) is 35.3 Å². The van der Waals surface area contributed by atoms with Gasteiger partial charge in [-0.3, -0.25) is 19.4 Å². The van der Waals surface area contributed by atoms with Crippen molar-refractivity contribution in [2.75, 3.05) is 5.73 Å². The van der Waals surface area contributed by atoms with Crippen LogP contribution in [0.3, 0.4) is 0 Å². The minimum Gasteiger partial charge on any atom is -0.481 e. The van der Waals surface area contributed by atoms with Crippen LogP contribution in [0.2, 0.25) is 0 Å². The fourth-order valence-corrected chi connectivity index (χ4v) is 3.38. The molecule has 0 radical (unpaired) electrons. The molecular weight excluding hydrogens is 434 g/mol. The summed E-state index contributed by atoms with van der Waals surface area (Å²) in [6.45, 7) is 3.78. The maximum atomic E-state index is 12.5. The molecule has 0 bridgehead atoms. The second-order valence-corrected chi connectivity index (χ2v) is 7.55. The van der Waals surface area contributed by atoms with E-state index in [1.54, 1.807) is 12.2 Å². The standard InChI is InChI=1S/C20H23N7O6/c1-9(6-13(28)29)14(19(32)33)25-17(30)10-2-4-11(5-3-10)22-7-12-8-23-16-15(24-12)18(31)27-20(21)26-16/h2,4,8,10-11,14,22H,1,3,5-7H2,(H,25,30)(H,28,29)(H,32,33)(H3,21,23,26,27,31)/t10?,11?,14-/m0/s1. The van der Waals surface area contributed by atoms with Gasteiger partial charge in [0.25, 0.3) is 5.56 Å². The first-order valence-electron chi connectivity index (χ1n) is 9.99. The van der Waals surface area contributed by atoms with E-state index in [4.69, 9.17) is 10.8 Å². The number of nitrogen functional groups attached to an aromatic ring is 1. The molecular formula is C20H23N7O6. The van der Waals surface area contributed by atoms with Gasteiger partial charge >= 0.3 is 11.9 Å². The number of nitrogens with two attached hydrogens (primary N) is 1. The molecule has 1 amide bonds. The Bertz CT molecular complexity index is 1190. The highest BCUT2D eigenvalue weighted by molar-refractivity contribution is 5.89. The van der Waals surface area contributed by atoms with E-state index in [9.17, 15) is 24.3 Å². The number of aromatic amines is 1. The van der Waals surface area contributed by atoms with Crippen molar-refractivity contribution in [2.24, 2.45) is 5.92 Å². The van der Waals surface area contributed by atoms with E-state index >= 15 is 0 Å². The van der Waals surface area contributed by atoms with E-state index in [-0.39, 0.29) is 28.7 Å². The zero-order valence-corrected chi connectivity index (χ0v) is 17.4. The third kappa shape index (κ3) is 5.98. The fourth-order valence-electron chi connectivity index (χ4n) is 3.38. The monoisotopic (exact) mass is 457 g/mol. The summed E-state index contributed by atoms with van der Waals surface area (Å²) in [5, 5.41) is 23.7. The highest BCUT2D eigenvalue weighted by Crippen LogP contribution is 2.19. The van der Waals surface area contributed by atoms with Gasteiger partial charge < -0.3 is 26.6 Å². The topological polar surface area (TPSA) is 213 Å². The summed E-state index contributed by atoms with van der Waals surface area (Å²) in [7, 11) is 0. The predicted octanol–water partition coefficient (Wildman–Crippen LogP) is -0.680. The van der Waals surface area contributed by atoms with Crippen molar-refractivity contribution in [2.45, 2.75) is 37.9 Å². The molecule has 13 heteroatoms. The summed E-state index contributed by atoms with van der Waals surface area (Å²) in [6.07, 6.45) is 5.42. The molecule has 1 aliphatic carbocycles. The van der Waals surface area contributed by atoms with Crippen LogP contribution in [-0.2, 0) is 20.9 Å². The summed E-state index contributed by atoms with van der Waals surface area (Å²) < 4.78 is 0. The number of aromatic nitrogens is 4. The van der Waals surface area contributed by atoms with Crippen LogP contribution < -0.4 is 21.9 Å². The number of rotatable bonds is 9. The summed E-state index contributed by atoms with van der Waals surface area (Å²) in [4.78, 5) is 61.2. The van der Waals surface area contributed by atoms with Crippen LogP contribution in [-0.4, -0.2) is 60.1 Å². The number of nitrogens with one attached hydrogen (secondary N) is 3. The van der Waals surface area contributed by atoms with Crippen molar-refractivity contribution in [1.29, 1.82) is 0 Å². The number of carboxylic acids is 2. The third-order valence-corrected chi connectivity index (χ3v) is 5.05. The predicted molar refractivity (Wildman–Crippen MR) is 116 cm³/mol. The Morgan fingerprint density at radius 2 is 2.00 bits per heavy atom. The Morgan fingerprint density at radius 1 is 1.24 bits per heavy atom. The van der Waals surface area contributed by atoms with Crippen molar-refractivity contribution in [3.8, 4) is 0 Å². The maximum absolute atomic E-state index is 12.5. The summed E-state index contributed by atoms with van der Waals surface area (Å²) in [5.74, 6) is -3.72. The molecule has 0 aliphatic heterocycles. The molecule has 0 fully saturated rings. The number of hydrogen-bond acceptors (Lipinski definition) is 9. The minimum atomic E-state index is -1.47. The number of aliphatic carboxylic acids is 2. The molecule has 2 unspecified atom stereocenters. The maximum Gasteiger partial charge on any atom is 0.330 e. The van der Waals surface area contributed by atoms with Gasteiger partial charge in [0, 0.05) is 12.6 Å². The number of H-pyrrole nitrogens is 1. The van der Waals surface area contributed by atoms with E-state index in [0.717, 1.165) is 0 Å². The zero-order valence-electron chi connectivity index (χ0n) is 17.4. The van der Waals surface area contributed by atoms with E-state index in [1.165, 1.54) is 6.20 Å². The first-order chi connectivity index (χ1) is 15.6. The molecule has 1 aliphatic rings. The first kappa shape index (κ1) is 23.5. The molecule has 2 aromatic heterocycles. The van der Waals surface area contributed by atoms with Crippen LogP contribution in [0.25, 0.3) is 11.2 Å². The number of anilines is 1. The number of carbonyl (C=O) groups is 3. The SMILES string of the molecule is C=C(CC(=O)O)[C@H](NC(=O)C1C=CC(NCc2cnc3nc(N)[nH]c(=O)c3n2)CC1)C(=O)O. The van der Waals surface area contributed by atoms with Crippen LogP contribution in [0, 0.1) is 5.92 Å². The lowest BCUT2D eigenvalue weighted by molar-refractivity contribution is -0.141. The second-order valence-electron chi connectivity index (χ2n) is 7.55. The van der Waals surface area contributed by atoms with Gasteiger partial charge in [0.05, 0.1) is 24.2 Å². The number of nitrogens with zero attached hydrogens (tertiary/aromatic N) is 3. The molecule has 0 saturated heterocycles. The van der Waals surface area contributed by atoms with Crippen molar-refractivity contribution < 1.29 is 24.6 Å². The smallest absolute Gasteiger partial charge is 0.330 e. The van der Waals surface area contributed by atoms with Gasteiger partial charge in [-0.1, -0.05) is 18.7 Å². The fraction of sp³-hybridized carbons (Fsp3) is 0.350. The largest absolute Gasteiger partial charge is 0.481 e. The second kappa shape index (κ2) is 9.99. The molecule has 3 rings (SSSR count). The minimum absolute atomic E-state index is 0.0421. The van der Waals surface area contributed by atoms with Gasteiger partial charge in [0.2, 0.25) is 11.9 Å². The molecule has 33 heavy (non-hydrogen) atoms. The quantitative estimate of drug-likeness (QED) is 0.259. The van der Waals surface area contributed by atoms with E-state index in [2.05, 4.69) is 37.1 Å². The van der Waals surface area contributed by atoms with Gasteiger partial charge in [-0.25, -0.2) is 14.8 Å². The Balaban J connectivity index is 1.57. The van der Waals surface area contributed by atoms with Gasteiger partial charge in [-0.05, 0) is 18.4 Å². The first-order valence-corrected chi connectivity index (χ1v) is 9.99. The number of hydrogen-bond donors (Lipinski definition) is 6. The highest BCUT2D eigenvalue weighted by atomic mass is 16.4. The van der Waals surface area contributed by atoms with Crippen LogP contribution in [0.5, 0.6) is 0 Å². The molecule has 2 aromatic rings. The number of fused-ring (bicyclic) bond motifs is 1. The van der Waals surface area contributed by atoms with Crippen molar-refractivity contribution in [3.63, 3.8) is 0 Å². The van der Waals surface area contributed by atoms with Gasteiger partial charge in [0.1, 0.15) is 6.04 Å². The van der Waals surface area contributed by atoms with E-state index in [0.29, 0.717) is 25.1 Å². The van der Waals surface area contributed by atoms with E-state index in [1.807, 2.05) is 0 Å². The van der Waals surface area contributed by atoms with Crippen molar-refractivity contribution >= 4 is 35.0 Å². The lowest BCUT2D eigenvalue weighted by Crippen LogP contribution is -2.45. The van der Waals surface area contributed by atoms with Crippen LogP contribution in [0.4, 0.5) is 5.95 Å². The lowest BCUT2D eigenvalue weighted by Gasteiger charge is -2.25. The van der Waals surface area contributed by atoms with Gasteiger partial charge in [0.15, 0.2) is 11.2 Å². The zero-order chi connectivity index (χ0) is 24.1. The molecule has 7 N–H and O–H groups in total.